The monoisotopic (exact) mass is 76.0 g/mol. The molecule has 0 spiro atoms. The van der Waals surface area contributed by atoms with E-state index in [9.17, 15) is 0 Å². The fourth-order valence-electron chi connectivity index (χ4n) is 0. The van der Waals surface area contributed by atoms with Crippen molar-refractivity contribution in [1.82, 2.24) is 6.15 Å². The van der Waals surface area contributed by atoms with Crippen LogP contribution in [0.25, 0.3) is 0 Å². The molecule has 4 heavy (non-hydrogen) atoms. The van der Waals surface area contributed by atoms with E-state index in [0.29, 0.717) is 0 Å². The molecule has 0 amide bonds. The second kappa shape index (κ2) is 14.8. The van der Waals surface area contributed by atoms with Crippen LogP contribution in [-0.4, -0.2) is 5.16 Å². The summed E-state index contributed by atoms with van der Waals surface area (Å²) in [4.78, 5) is 0. The molecule has 2 nitrogen and oxygen atoms in total. The Morgan fingerprint density at radius 2 is 1.75 bits per heavy atom. The van der Waals surface area contributed by atoms with E-state index in [4.69, 9.17) is 5.41 Å². The predicted octanol–water partition coefficient (Wildman–Crippen LogP) is 0.830. The van der Waals surface area contributed by atoms with Crippen LogP contribution in [0.3, 0.4) is 0 Å². The molecule has 0 bridgehead atoms. The van der Waals surface area contributed by atoms with Gasteiger partial charge in [-0.15, -0.1) is 0 Å². The highest BCUT2D eigenvalue weighted by molar-refractivity contribution is 7.78. The molecular weight excluding hydrogens is 72.1 g/mol. The second-order valence-electron chi connectivity index (χ2n) is 0.102. The Kier molecular flexibility index (Phi) is 34.2. The summed E-state index contributed by atoms with van der Waals surface area (Å²) in [6, 6.07) is 0. The van der Waals surface area contributed by atoms with Gasteiger partial charge in [0.2, 0.25) is 0 Å². The molecule has 3 heteroatoms. The number of hydrogen-bond donors (Lipinski definition) is 2. The van der Waals surface area contributed by atoms with Gasteiger partial charge in [0.25, 0.3) is 0 Å². The van der Waals surface area contributed by atoms with Gasteiger partial charge in [-0.3, -0.25) is 0 Å². The Bertz CT molecular complexity index is 27.0. The predicted molar refractivity (Wildman–Crippen MR) is 20.3 cm³/mol. The Morgan fingerprint density at radius 1 is 1.75 bits per heavy atom. The first kappa shape index (κ1) is 9.25. The molecule has 0 aliphatic carbocycles. The van der Waals surface area contributed by atoms with Crippen LogP contribution < -0.4 is 6.15 Å². The van der Waals surface area contributed by atoms with Crippen LogP contribution in [-0.2, 0) is 0 Å². The third-order valence-corrected chi connectivity index (χ3v) is 0. The van der Waals surface area contributed by atoms with Gasteiger partial charge in [-0.05, 0) is 12.2 Å². The average Bonchev–Trinajstić information content (AvgIpc) is 0.918. The lowest BCUT2D eigenvalue weighted by Gasteiger charge is -1.05. The summed E-state index contributed by atoms with van der Waals surface area (Å²) in [6.45, 7) is 0. The number of nitrogens with one attached hydrogen (secondary N) is 1. The summed E-state index contributed by atoms with van der Waals surface area (Å²) < 4.78 is 0. The molecular formula is CH4N2S. The first-order valence-corrected chi connectivity index (χ1v) is 0.862. The van der Waals surface area contributed by atoms with Gasteiger partial charge in [0, 0.05) is 0 Å². The molecule has 0 aromatic rings. The van der Waals surface area contributed by atoms with E-state index in [1.54, 1.807) is 5.16 Å². The Balaban J connectivity index is 0. The van der Waals surface area contributed by atoms with Crippen LogP contribution in [0.2, 0.25) is 0 Å². The zero-order valence-electron chi connectivity index (χ0n) is 2.12. The third kappa shape index (κ3) is 17.6. The molecule has 0 saturated heterocycles. The van der Waals surface area contributed by atoms with Crippen molar-refractivity contribution in [1.29, 1.82) is 5.41 Å². The molecule has 24 valence electrons. The number of thiocarbonyl (C=S) groups is 1. The maximum Gasteiger partial charge on any atom is 0.0554 e. The molecule has 0 saturated carbocycles. The second-order valence-corrected chi connectivity index (χ2v) is 0.306. The summed E-state index contributed by atoms with van der Waals surface area (Å²) >= 11 is 3.81. The van der Waals surface area contributed by atoms with E-state index in [1.165, 1.54) is 0 Å². The molecule has 0 fully saturated rings. The van der Waals surface area contributed by atoms with Gasteiger partial charge in [0.15, 0.2) is 0 Å². The van der Waals surface area contributed by atoms with Gasteiger partial charge in [0.05, 0.1) is 5.16 Å². The van der Waals surface area contributed by atoms with Gasteiger partial charge < -0.3 is 6.15 Å². The molecule has 4 N–H and O–H groups in total. The van der Waals surface area contributed by atoms with Crippen LogP contribution in [0.15, 0.2) is 0 Å². The minimum Gasteiger partial charge on any atom is -0.344 e. The molecule has 0 unspecified atom stereocenters. The van der Waals surface area contributed by atoms with Gasteiger partial charge in [-0.2, -0.15) is 0 Å². The highest BCUT2D eigenvalue weighted by Crippen LogP contribution is 1.16. The summed E-state index contributed by atoms with van der Waals surface area (Å²) in [5.41, 5.74) is 0. The Labute approximate surface area is 29.9 Å². The van der Waals surface area contributed by atoms with Crippen LogP contribution in [0.1, 0.15) is 0 Å². The van der Waals surface area contributed by atoms with Crippen molar-refractivity contribution in [3.8, 4) is 0 Å². The molecule has 0 aromatic carbocycles. The van der Waals surface area contributed by atoms with Gasteiger partial charge in [-0.25, -0.2) is 5.41 Å². The maximum atomic E-state index is 5.77. The summed E-state index contributed by atoms with van der Waals surface area (Å²) in [5.74, 6) is 0. The van der Waals surface area contributed by atoms with E-state index < -0.39 is 0 Å². The van der Waals surface area contributed by atoms with E-state index in [1.807, 2.05) is 0 Å². The van der Waals surface area contributed by atoms with Crippen molar-refractivity contribution in [2.75, 3.05) is 0 Å². The lowest BCUT2D eigenvalue weighted by atomic mass is 11.8. The van der Waals surface area contributed by atoms with E-state index in [0.717, 1.165) is 0 Å². The molecule has 0 aliphatic heterocycles. The fraction of sp³-hybridized carbons (Fsp3) is 0. The van der Waals surface area contributed by atoms with Crippen molar-refractivity contribution in [3.05, 3.63) is 0 Å². The number of hydrogen-bond acceptors (Lipinski definition) is 3. The zero-order valence-corrected chi connectivity index (χ0v) is 2.93. The summed E-state index contributed by atoms with van der Waals surface area (Å²) in [7, 11) is 0. The number of rotatable bonds is 0. The van der Waals surface area contributed by atoms with Crippen molar-refractivity contribution in [3.63, 3.8) is 0 Å². The summed E-state index contributed by atoms with van der Waals surface area (Å²) in [5, 5.41) is 7.36. The van der Waals surface area contributed by atoms with Crippen molar-refractivity contribution in [2.45, 2.75) is 0 Å². The quantitative estimate of drug-likeness (QED) is 0.331. The minimum absolute atomic E-state index is 0. The molecule has 0 aromatic heterocycles. The van der Waals surface area contributed by atoms with Gasteiger partial charge >= 0.3 is 0 Å². The molecule has 0 atom stereocenters. The van der Waals surface area contributed by atoms with Gasteiger partial charge in [0.1, 0.15) is 0 Å². The van der Waals surface area contributed by atoms with E-state index in [-0.39, 0.29) is 6.15 Å². The lowest BCUT2D eigenvalue weighted by molar-refractivity contribution is 1.61. The zero-order chi connectivity index (χ0) is 2.71. The van der Waals surface area contributed by atoms with Gasteiger partial charge in [-0.1, -0.05) is 0 Å². The lowest BCUT2D eigenvalue weighted by Crippen LogP contribution is -1.03. The van der Waals surface area contributed by atoms with Crippen LogP contribution in [0, 0.1) is 5.41 Å². The molecule has 0 rings (SSSR count). The van der Waals surface area contributed by atoms with Crippen LogP contribution in [0.5, 0.6) is 0 Å². The summed E-state index contributed by atoms with van der Waals surface area (Å²) in [6.07, 6.45) is 0. The van der Waals surface area contributed by atoms with Crippen LogP contribution in [0.4, 0.5) is 0 Å². The van der Waals surface area contributed by atoms with E-state index in [2.05, 4.69) is 12.2 Å². The largest absolute Gasteiger partial charge is 0.344 e. The van der Waals surface area contributed by atoms with Crippen molar-refractivity contribution in [2.24, 2.45) is 0 Å². The molecule has 0 radical (unpaired) electrons. The molecule has 0 aliphatic rings. The third-order valence-electron chi connectivity index (χ3n) is 0. The van der Waals surface area contributed by atoms with Crippen LogP contribution >= 0.6 is 12.2 Å². The van der Waals surface area contributed by atoms with Crippen molar-refractivity contribution < 1.29 is 0 Å². The first-order valence-electron chi connectivity index (χ1n) is 0.454. The normalized spacial score (nSPS) is 2.00. The molecule has 0 heterocycles. The number of isothiocyanates is 1. The Morgan fingerprint density at radius 3 is 1.75 bits per heavy atom. The average molecular weight is 76.1 g/mol. The standard InChI is InChI=1S/CHNS.H3N/c2-1-3;/h2H;1H3. The Hall–Kier alpha value is -0.240. The fourth-order valence-corrected chi connectivity index (χ4v) is 0. The minimum atomic E-state index is 0. The smallest absolute Gasteiger partial charge is 0.0554 e. The van der Waals surface area contributed by atoms with E-state index >= 15 is 0 Å². The topological polar surface area (TPSA) is 58.9 Å². The van der Waals surface area contributed by atoms with Crippen molar-refractivity contribution >= 4 is 17.4 Å². The highest BCUT2D eigenvalue weighted by atomic mass is 32.1. The highest BCUT2D eigenvalue weighted by Gasteiger charge is 0.975. The maximum absolute atomic E-state index is 5.77. The first-order chi connectivity index (χ1) is 1.41. The SMILES string of the molecule is N.N=C=S.